The van der Waals surface area contributed by atoms with Crippen LogP contribution in [-0.2, 0) is 16.0 Å². The van der Waals surface area contributed by atoms with E-state index in [1.807, 2.05) is 24.3 Å². The van der Waals surface area contributed by atoms with Crippen LogP contribution in [0.15, 0.2) is 24.3 Å². The van der Waals surface area contributed by atoms with Crippen LogP contribution < -0.4 is 10.1 Å². The maximum absolute atomic E-state index is 11.4. The van der Waals surface area contributed by atoms with Gasteiger partial charge in [0, 0.05) is 13.0 Å². The molecule has 22 heavy (non-hydrogen) atoms. The van der Waals surface area contributed by atoms with Gasteiger partial charge in [0.25, 0.3) is 0 Å². The second-order valence-electron chi connectivity index (χ2n) is 5.20. The summed E-state index contributed by atoms with van der Waals surface area (Å²) in [5.74, 6) is -0.330. The van der Waals surface area contributed by atoms with Gasteiger partial charge in [0.2, 0.25) is 5.91 Å². The van der Waals surface area contributed by atoms with Gasteiger partial charge in [-0.1, -0.05) is 31.9 Å². The van der Waals surface area contributed by atoms with Crippen molar-refractivity contribution >= 4 is 11.9 Å². The van der Waals surface area contributed by atoms with Gasteiger partial charge in [-0.15, -0.1) is 0 Å². The molecule has 122 valence electrons. The van der Waals surface area contributed by atoms with E-state index in [1.165, 1.54) is 12.8 Å². The molecule has 0 aliphatic heterocycles. The number of nitrogens with one attached hydrogen (secondary N) is 1. The average Bonchev–Trinajstić information content (AvgIpc) is 2.50. The van der Waals surface area contributed by atoms with E-state index >= 15 is 0 Å². The zero-order valence-electron chi connectivity index (χ0n) is 13.1. The molecule has 0 spiro atoms. The molecule has 0 radical (unpaired) electrons. The summed E-state index contributed by atoms with van der Waals surface area (Å²) >= 11 is 0. The maximum Gasteiger partial charge on any atom is 0.303 e. The van der Waals surface area contributed by atoms with Crippen LogP contribution in [0.1, 0.15) is 44.6 Å². The summed E-state index contributed by atoms with van der Waals surface area (Å²) in [5.41, 5.74) is 1.09. The second-order valence-corrected chi connectivity index (χ2v) is 5.20. The summed E-state index contributed by atoms with van der Waals surface area (Å²) in [5, 5.41) is 11.2. The number of rotatable bonds is 11. The van der Waals surface area contributed by atoms with Crippen molar-refractivity contribution < 1.29 is 19.4 Å². The molecule has 2 N–H and O–H groups in total. The molecule has 5 heteroatoms. The number of ether oxygens (including phenoxy) is 1. The van der Waals surface area contributed by atoms with E-state index in [4.69, 9.17) is 9.84 Å². The molecule has 1 aromatic carbocycles. The van der Waals surface area contributed by atoms with E-state index in [1.54, 1.807) is 0 Å². The summed E-state index contributed by atoms with van der Waals surface area (Å²) in [6.45, 7) is 3.38. The van der Waals surface area contributed by atoms with E-state index in [9.17, 15) is 9.59 Å². The summed E-state index contributed by atoms with van der Waals surface area (Å²) in [6, 6.07) is 7.84. The first-order valence-electron chi connectivity index (χ1n) is 7.82. The predicted octanol–water partition coefficient (Wildman–Crippen LogP) is 2.78. The SMILES string of the molecule is CCCCCOc1cccc(CCNC(=O)CCC(=O)O)c1. The largest absolute Gasteiger partial charge is 0.494 e. The first-order valence-corrected chi connectivity index (χ1v) is 7.82. The highest BCUT2D eigenvalue weighted by Crippen LogP contribution is 2.14. The van der Waals surface area contributed by atoms with Crippen LogP contribution in [0.4, 0.5) is 0 Å². The average molecular weight is 307 g/mol. The first kappa shape index (κ1) is 18.0. The molecule has 0 saturated heterocycles. The number of hydrogen-bond acceptors (Lipinski definition) is 3. The number of carboxylic acids is 1. The molecule has 1 aromatic rings. The lowest BCUT2D eigenvalue weighted by Gasteiger charge is -2.08. The monoisotopic (exact) mass is 307 g/mol. The van der Waals surface area contributed by atoms with Crippen molar-refractivity contribution in [3.8, 4) is 5.75 Å². The fourth-order valence-electron chi connectivity index (χ4n) is 1.99. The third-order valence-corrected chi connectivity index (χ3v) is 3.22. The third-order valence-electron chi connectivity index (χ3n) is 3.22. The molecule has 0 aromatic heterocycles. The Morgan fingerprint density at radius 2 is 2.05 bits per heavy atom. The van der Waals surface area contributed by atoms with E-state index in [0.29, 0.717) is 13.0 Å². The van der Waals surface area contributed by atoms with Gasteiger partial charge in [0.1, 0.15) is 5.75 Å². The van der Waals surface area contributed by atoms with Crippen LogP contribution >= 0.6 is 0 Å². The highest BCUT2D eigenvalue weighted by atomic mass is 16.5. The molecule has 0 aliphatic rings. The number of benzene rings is 1. The lowest BCUT2D eigenvalue weighted by atomic mass is 10.1. The summed E-state index contributed by atoms with van der Waals surface area (Å²) in [7, 11) is 0. The number of amides is 1. The third kappa shape index (κ3) is 8.29. The van der Waals surface area contributed by atoms with E-state index in [0.717, 1.165) is 24.3 Å². The molecule has 5 nitrogen and oxygen atoms in total. The van der Waals surface area contributed by atoms with Crippen LogP contribution in [0, 0.1) is 0 Å². The fourth-order valence-corrected chi connectivity index (χ4v) is 1.99. The van der Waals surface area contributed by atoms with Gasteiger partial charge in [0.15, 0.2) is 0 Å². The van der Waals surface area contributed by atoms with Crippen molar-refractivity contribution in [1.82, 2.24) is 5.32 Å². The summed E-state index contributed by atoms with van der Waals surface area (Å²) in [6.07, 6.45) is 3.99. The highest BCUT2D eigenvalue weighted by molar-refractivity contribution is 5.80. The maximum atomic E-state index is 11.4. The number of aliphatic carboxylic acids is 1. The molecule has 0 fully saturated rings. The first-order chi connectivity index (χ1) is 10.6. The Morgan fingerprint density at radius 1 is 1.23 bits per heavy atom. The topological polar surface area (TPSA) is 75.6 Å². The molecule has 0 saturated carbocycles. The van der Waals surface area contributed by atoms with Crippen molar-refractivity contribution in [2.45, 2.75) is 45.4 Å². The molecule has 0 bridgehead atoms. The zero-order valence-corrected chi connectivity index (χ0v) is 13.1. The molecule has 0 atom stereocenters. The van der Waals surface area contributed by atoms with Gasteiger partial charge in [-0.05, 0) is 30.5 Å². The minimum absolute atomic E-state index is 0.0237. The Labute approximate surface area is 131 Å². The standard InChI is InChI=1S/C17H25NO4/c1-2-3-4-12-22-15-7-5-6-14(13-15)10-11-18-16(19)8-9-17(20)21/h5-7,13H,2-4,8-12H2,1H3,(H,18,19)(H,20,21). The van der Waals surface area contributed by atoms with Crippen molar-refractivity contribution in [2.75, 3.05) is 13.2 Å². The van der Waals surface area contributed by atoms with Crippen LogP contribution in [0.2, 0.25) is 0 Å². The van der Waals surface area contributed by atoms with Crippen LogP contribution in [0.5, 0.6) is 5.75 Å². The van der Waals surface area contributed by atoms with Crippen molar-refractivity contribution in [2.24, 2.45) is 0 Å². The van der Waals surface area contributed by atoms with E-state index < -0.39 is 5.97 Å². The van der Waals surface area contributed by atoms with Crippen LogP contribution in [0.3, 0.4) is 0 Å². The number of carbonyl (C=O) groups excluding carboxylic acids is 1. The Morgan fingerprint density at radius 3 is 2.77 bits per heavy atom. The minimum Gasteiger partial charge on any atom is -0.494 e. The summed E-state index contributed by atoms with van der Waals surface area (Å²) < 4.78 is 5.69. The fraction of sp³-hybridized carbons (Fsp3) is 0.529. The zero-order chi connectivity index (χ0) is 16.2. The highest BCUT2D eigenvalue weighted by Gasteiger charge is 2.05. The second kappa shape index (κ2) is 10.7. The number of hydrogen-bond donors (Lipinski definition) is 2. The van der Waals surface area contributed by atoms with Crippen LogP contribution in [-0.4, -0.2) is 30.1 Å². The lowest BCUT2D eigenvalue weighted by Crippen LogP contribution is -2.26. The van der Waals surface area contributed by atoms with Gasteiger partial charge in [-0.3, -0.25) is 9.59 Å². The molecule has 0 heterocycles. The Bertz CT molecular complexity index is 473. The van der Waals surface area contributed by atoms with Gasteiger partial charge in [0.05, 0.1) is 13.0 Å². The van der Waals surface area contributed by atoms with Crippen molar-refractivity contribution in [3.05, 3.63) is 29.8 Å². The lowest BCUT2D eigenvalue weighted by molar-refractivity contribution is -0.138. The molecular formula is C17H25NO4. The normalized spacial score (nSPS) is 10.2. The minimum atomic E-state index is -0.955. The van der Waals surface area contributed by atoms with Gasteiger partial charge < -0.3 is 15.2 Å². The van der Waals surface area contributed by atoms with Gasteiger partial charge in [-0.25, -0.2) is 0 Å². The Balaban J connectivity index is 2.27. The molecule has 1 amide bonds. The number of unbranched alkanes of at least 4 members (excludes halogenated alkanes) is 2. The van der Waals surface area contributed by atoms with Gasteiger partial charge in [-0.2, -0.15) is 0 Å². The Hall–Kier alpha value is -2.04. The number of carboxylic acid groups (broad SMARTS) is 1. The smallest absolute Gasteiger partial charge is 0.303 e. The predicted molar refractivity (Wildman–Crippen MR) is 85.0 cm³/mol. The van der Waals surface area contributed by atoms with Crippen molar-refractivity contribution in [1.29, 1.82) is 0 Å². The molecule has 1 rings (SSSR count). The van der Waals surface area contributed by atoms with E-state index in [-0.39, 0.29) is 18.7 Å². The molecular weight excluding hydrogens is 282 g/mol. The molecule has 0 unspecified atom stereocenters. The van der Waals surface area contributed by atoms with E-state index in [2.05, 4.69) is 12.2 Å². The van der Waals surface area contributed by atoms with Crippen LogP contribution in [0.25, 0.3) is 0 Å². The Kier molecular flexibility index (Phi) is 8.72. The summed E-state index contributed by atoms with van der Waals surface area (Å²) in [4.78, 5) is 21.8. The van der Waals surface area contributed by atoms with Gasteiger partial charge >= 0.3 is 5.97 Å². The van der Waals surface area contributed by atoms with Crippen molar-refractivity contribution in [3.63, 3.8) is 0 Å². The quantitative estimate of drug-likeness (QED) is 0.616. The molecule has 0 aliphatic carbocycles. The number of carbonyl (C=O) groups is 2.